The van der Waals surface area contributed by atoms with Crippen molar-refractivity contribution in [1.82, 2.24) is 9.97 Å². The SMILES string of the molecule is Cc1ccc(Cc2c(C)nc(Nc3ccccc3)[nH]c2=O)cc1. The van der Waals surface area contributed by atoms with Crippen molar-refractivity contribution < 1.29 is 0 Å². The predicted octanol–water partition coefficient (Wildman–Crippen LogP) is 3.72. The second-order valence-electron chi connectivity index (χ2n) is 5.63. The van der Waals surface area contributed by atoms with E-state index in [1.54, 1.807) is 0 Å². The molecule has 116 valence electrons. The number of aromatic amines is 1. The third kappa shape index (κ3) is 3.66. The molecule has 0 amide bonds. The van der Waals surface area contributed by atoms with E-state index in [0.29, 0.717) is 17.9 Å². The molecule has 0 unspecified atom stereocenters. The summed E-state index contributed by atoms with van der Waals surface area (Å²) in [6.07, 6.45) is 0.583. The maximum Gasteiger partial charge on any atom is 0.256 e. The van der Waals surface area contributed by atoms with Crippen LogP contribution in [0.3, 0.4) is 0 Å². The molecule has 0 aliphatic heterocycles. The summed E-state index contributed by atoms with van der Waals surface area (Å²) in [5, 5.41) is 3.12. The highest BCUT2D eigenvalue weighted by Crippen LogP contribution is 2.14. The zero-order chi connectivity index (χ0) is 16.2. The van der Waals surface area contributed by atoms with Gasteiger partial charge in [-0.15, -0.1) is 0 Å². The van der Waals surface area contributed by atoms with Crippen molar-refractivity contribution in [3.05, 3.63) is 87.3 Å². The van der Waals surface area contributed by atoms with Crippen molar-refractivity contribution in [3.63, 3.8) is 0 Å². The van der Waals surface area contributed by atoms with Crippen LogP contribution in [0, 0.1) is 13.8 Å². The monoisotopic (exact) mass is 305 g/mol. The molecule has 1 heterocycles. The number of H-pyrrole nitrogens is 1. The molecule has 23 heavy (non-hydrogen) atoms. The van der Waals surface area contributed by atoms with Gasteiger partial charge >= 0.3 is 0 Å². The Morgan fingerprint density at radius 3 is 2.35 bits per heavy atom. The molecule has 0 spiro atoms. The van der Waals surface area contributed by atoms with Crippen molar-refractivity contribution in [2.45, 2.75) is 20.3 Å². The molecule has 4 nitrogen and oxygen atoms in total. The third-order valence-electron chi connectivity index (χ3n) is 3.76. The fraction of sp³-hybridized carbons (Fsp3) is 0.158. The molecule has 0 bridgehead atoms. The van der Waals surface area contributed by atoms with Crippen LogP contribution in [0.2, 0.25) is 0 Å². The minimum absolute atomic E-state index is 0.100. The average molecular weight is 305 g/mol. The van der Waals surface area contributed by atoms with Crippen molar-refractivity contribution in [1.29, 1.82) is 0 Å². The van der Waals surface area contributed by atoms with Gasteiger partial charge in [0.25, 0.3) is 5.56 Å². The maximum absolute atomic E-state index is 12.4. The fourth-order valence-corrected chi connectivity index (χ4v) is 2.45. The standard InChI is InChI=1S/C19H19N3O/c1-13-8-10-15(11-9-13)12-17-14(2)20-19(22-18(17)23)21-16-6-4-3-5-7-16/h3-11H,12H2,1-2H3,(H2,20,21,22,23). The molecule has 2 N–H and O–H groups in total. The second-order valence-corrected chi connectivity index (χ2v) is 5.63. The Kier molecular flexibility index (Phi) is 4.24. The zero-order valence-electron chi connectivity index (χ0n) is 13.3. The normalized spacial score (nSPS) is 10.5. The molecule has 0 fully saturated rings. The van der Waals surface area contributed by atoms with E-state index in [9.17, 15) is 4.79 Å². The molecule has 0 atom stereocenters. The predicted molar refractivity (Wildman–Crippen MR) is 93.3 cm³/mol. The van der Waals surface area contributed by atoms with Gasteiger partial charge in [0.1, 0.15) is 0 Å². The topological polar surface area (TPSA) is 57.8 Å². The number of hydrogen-bond acceptors (Lipinski definition) is 3. The van der Waals surface area contributed by atoms with Gasteiger partial charge in [-0.2, -0.15) is 0 Å². The summed E-state index contributed by atoms with van der Waals surface area (Å²) < 4.78 is 0. The Morgan fingerprint density at radius 2 is 1.70 bits per heavy atom. The maximum atomic E-state index is 12.4. The zero-order valence-corrected chi connectivity index (χ0v) is 13.3. The van der Waals surface area contributed by atoms with Gasteiger partial charge in [0.2, 0.25) is 5.95 Å². The van der Waals surface area contributed by atoms with Crippen LogP contribution < -0.4 is 10.9 Å². The molecular weight excluding hydrogens is 286 g/mol. The number of nitrogens with zero attached hydrogens (tertiary/aromatic N) is 1. The first-order valence-electron chi connectivity index (χ1n) is 7.59. The first-order valence-corrected chi connectivity index (χ1v) is 7.59. The number of aromatic nitrogens is 2. The van der Waals surface area contributed by atoms with Crippen LogP contribution in [0.4, 0.5) is 11.6 Å². The second kappa shape index (κ2) is 6.48. The van der Waals surface area contributed by atoms with Crippen molar-refractivity contribution >= 4 is 11.6 Å². The highest BCUT2D eigenvalue weighted by Gasteiger charge is 2.09. The fourth-order valence-electron chi connectivity index (χ4n) is 2.45. The number of benzene rings is 2. The van der Waals surface area contributed by atoms with Crippen LogP contribution >= 0.6 is 0 Å². The molecule has 0 aliphatic rings. The Labute approximate surface area is 135 Å². The summed E-state index contributed by atoms with van der Waals surface area (Å²) in [7, 11) is 0. The van der Waals surface area contributed by atoms with Gasteiger partial charge in [-0.05, 0) is 31.5 Å². The Balaban J connectivity index is 1.85. The third-order valence-corrected chi connectivity index (χ3v) is 3.76. The summed E-state index contributed by atoms with van der Waals surface area (Å²) in [5.74, 6) is 0.464. The average Bonchev–Trinajstić information content (AvgIpc) is 2.54. The van der Waals surface area contributed by atoms with Crippen molar-refractivity contribution in [3.8, 4) is 0 Å². The van der Waals surface area contributed by atoms with Gasteiger partial charge in [-0.3, -0.25) is 9.78 Å². The smallest absolute Gasteiger partial charge is 0.256 e. The lowest BCUT2D eigenvalue weighted by Crippen LogP contribution is -2.18. The number of hydrogen-bond donors (Lipinski definition) is 2. The molecule has 2 aromatic carbocycles. The Hall–Kier alpha value is -2.88. The summed E-state index contributed by atoms with van der Waals surface area (Å²) in [5.41, 5.74) is 4.55. The van der Waals surface area contributed by atoms with E-state index < -0.39 is 0 Å². The molecule has 0 aliphatic carbocycles. The van der Waals surface area contributed by atoms with E-state index >= 15 is 0 Å². The van der Waals surface area contributed by atoms with E-state index in [4.69, 9.17) is 0 Å². The quantitative estimate of drug-likeness (QED) is 0.772. The molecular formula is C19H19N3O. The van der Waals surface area contributed by atoms with E-state index in [0.717, 1.165) is 16.9 Å². The lowest BCUT2D eigenvalue weighted by Gasteiger charge is -2.09. The van der Waals surface area contributed by atoms with Gasteiger partial charge < -0.3 is 5.32 Å². The van der Waals surface area contributed by atoms with Crippen molar-refractivity contribution in [2.24, 2.45) is 0 Å². The number of aryl methyl sites for hydroxylation is 2. The molecule has 0 saturated heterocycles. The van der Waals surface area contributed by atoms with Crippen LogP contribution in [0.5, 0.6) is 0 Å². The van der Waals surface area contributed by atoms with Crippen LogP contribution in [0.15, 0.2) is 59.4 Å². The van der Waals surface area contributed by atoms with E-state index in [-0.39, 0.29) is 5.56 Å². The first kappa shape index (κ1) is 15.0. The van der Waals surface area contributed by atoms with Gasteiger partial charge in [0.15, 0.2) is 0 Å². The molecule has 1 aromatic heterocycles. The van der Waals surface area contributed by atoms with Crippen LogP contribution in [0.25, 0.3) is 0 Å². The largest absolute Gasteiger partial charge is 0.326 e. The van der Waals surface area contributed by atoms with Gasteiger partial charge in [-0.25, -0.2) is 4.98 Å². The Bertz CT molecular complexity index is 852. The highest BCUT2D eigenvalue weighted by molar-refractivity contribution is 5.52. The number of anilines is 2. The minimum Gasteiger partial charge on any atom is -0.326 e. The van der Waals surface area contributed by atoms with E-state index in [1.165, 1.54) is 5.56 Å². The van der Waals surface area contributed by atoms with E-state index in [1.807, 2.05) is 56.3 Å². The summed E-state index contributed by atoms with van der Waals surface area (Å²) in [4.78, 5) is 19.7. The number of nitrogens with one attached hydrogen (secondary N) is 2. The summed E-state index contributed by atoms with van der Waals surface area (Å²) >= 11 is 0. The first-order chi connectivity index (χ1) is 11.1. The van der Waals surface area contributed by atoms with Gasteiger partial charge in [0.05, 0.1) is 5.69 Å². The minimum atomic E-state index is -0.100. The molecule has 4 heteroatoms. The molecule has 0 radical (unpaired) electrons. The highest BCUT2D eigenvalue weighted by atomic mass is 16.1. The summed E-state index contributed by atoms with van der Waals surface area (Å²) in [6, 6.07) is 17.9. The van der Waals surface area contributed by atoms with Crippen LogP contribution in [0.1, 0.15) is 22.4 Å². The lowest BCUT2D eigenvalue weighted by atomic mass is 10.0. The summed E-state index contributed by atoms with van der Waals surface area (Å²) in [6.45, 7) is 3.92. The van der Waals surface area contributed by atoms with Gasteiger partial charge in [0, 0.05) is 17.7 Å². The van der Waals surface area contributed by atoms with Crippen molar-refractivity contribution in [2.75, 3.05) is 5.32 Å². The number of rotatable bonds is 4. The van der Waals surface area contributed by atoms with E-state index in [2.05, 4.69) is 27.4 Å². The van der Waals surface area contributed by atoms with Crippen LogP contribution in [-0.2, 0) is 6.42 Å². The number of para-hydroxylation sites is 1. The molecule has 3 rings (SSSR count). The lowest BCUT2D eigenvalue weighted by molar-refractivity contribution is 0.985. The molecule has 3 aromatic rings. The van der Waals surface area contributed by atoms with Crippen LogP contribution in [-0.4, -0.2) is 9.97 Å². The Morgan fingerprint density at radius 1 is 1.00 bits per heavy atom. The molecule has 0 saturated carbocycles. The van der Waals surface area contributed by atoms with Gasteiger partial charge in [-0.1, -0.05) is 48.0 Å².